The highest BCUT2D eigenvalue weighted by molar-refractivity contribution is 5.79. The Bertz CT molecular complexity index is 1080. The van der Waals surface area contributed by atoms with Crippen molar-refractivity contribution in [3.63, 3.8) is 0 Å². The molecule has 1 spiro atoms. The summed E-state index contributed by atoms with van der Waals surface area (Å²) in [5, 5.41) is 3.76. The number of rotatable bonds is 3. The van der Waals surface area contributed by atoms with E-state index in [1.165, 1.54) is 17.8 Å². The Labute approximate surface area is 175 Å². The number of anilines is 1. The van der Waals surface area contributed by atoms with Crippen LogP contribution in [0.4, 0.5) is 10.1 Å². The quantitative estimate of drug-likeness (QED) is 0.713. The van der Waals surface area contributed by atoms with Gasteiger partial charge < -0.3 is 19.5 Å². The topological polar surface area (TPSA) is 46.5 Å². The number of carbonyl (C=O) groups is 1. The lowest BCUT2D eigenvalue weighted by Gasteiger charge is -2.46. The number of aromatic nitrogens is 1. The monoisotopic (exact) mass is 405 g/mol. The maximum atomic E-state index is 13.1. The number of nitrogens with one attached hydrogen (secondary N) is 1. The van der Waals surface area contributed by atoms with Gasteiger partial charge in [0.1, 0.15) is 11.6 Å². The van der Waals surface area contributed by atoms with Crippen LogP contribution in [0.1, 0.15) is 24.1 Å². The highest BCUT2D eigenvalue weighted by Gasteiger charge is 2.42. The first-order chi connectivity index (χ1) is 14.6. The van der Waals surface area contributed by atoms with Gasteiger partial charge in [0.15, 0.2) is 0 Å². The molecule has 0 aliphatic carbocycles. The summed E-state index contributed by atoms with van der Waals surface area (Å²) in [6.07, 6.45) is 4.04. The largest absolute Gasteiger partial charge is 0.497 e. The number of piperidine rings is 1. The van der Waals surface area contributed by atoms with E-state index in [-0.39, 0.29) is 17.3 Å². The van der Waals surface area contributed by atoms with Gasteiger partial charge in [-0.05, 0) is 54.8 Å². The molecule has 1 amide bonds. The Morgan fingerprint density at radius 1 is 1.13 bits per heavy atom. The summed E-state index contributed by atoms with van der Waals surface area (Å²) >= 11 is 0. The maximum Gasteiger partial charge on any atom is 0.226 e. The van der Waals surface area contributed by atoms with E-state index in [2.05, 4.69) is 34.3 Å². The van der Waals surface area contributed by atoms with Crippen molar-refractivity contribution in [2.75, 3.05) is 25.5 Å². The van der Waals surface area contributed by atoms with Crippen LogP contribution in [-0.2, 0) is 16.8 Å². The van der Waals surface area contributed by atoms with Crippen LogP contribution < -0.4 is 10.1 Å². The summed E-state index contributed by atoms with van der Waals surface area (Å²) < 4.78 is 20.8. The first-order valence-electron chi connectivity index (χ1n) is 10.2. The van der Waals surface area contributed by atoms with E-state index in [4.69, 9.17) is 4.74 Å². The zero-order chi connectivity index (χ0) is 20.7. The lowest BCUT2D eigenvalue weighted by molar-refractivity contribution is -0.132. The van der Waals surface area contributed by atoms with Crippen molar-refractivity contribution in [2.45, 2.75) is 24.8 Å². The Hall–Kier alpha value is -3.28. The fraction of sp³-hybridized carbons (Fsp3) is 0.292. The van der Waals surface area contributed by atoms with Gasteiger partial charge in [-0.2, -0.15) is 0 Å². The molecule has 2 aromatic carbocycles. The SMILES string of the molecule is COc1ccc2c(c1)NC1(CCN(C(=O)Cc3ccc(F)cc3)CC1)c1cccn1-2. The van der Waals surface area contributed by atoms with E-state index in [1.54, 1.807) is 19.2 Å². The summed E-state index contributed by atoms with van der Waals surface area (Å²) in [7, 11) is 1.67. The average Bonchev–Trinajstić information content (AvgIpc) is 3.27. The van der Waals surface area contributed by atoms with Crippen LogP contribution in [-0.4, -0.2) is 35.6 Å². The Morgan fingerprint density at radius 2 is 1.90 bits per heavy atom. The van der Waals surface area contributed by atoms with Crippen LogP contribution in [0.25, 0.3) is 5.69 Å². The zero-order valence-corrected chi connectivity index (χ0v) is 16.9. The van der Waals surface area contributed by atoms with Gasteiger partial charge in [-0.3, -0.25) is 4.79 Å². The van der Waals surface area contributed by atoms with Crippen molar-refractivity contribution in [3.8, 4) is 11.4 Å². The zero-order valence-electron chi connectivity index (χ0n) is 16.9. The summed E-state index contributed by atoms with van der Waals surface area (Å²) in [4.78, 5) is 14.7. The highest BCUT2D eigenvalue weighted by Crippen LogP contribution is 2.44. The Balaban J connectivity index is 1.35. The minimum absolute atomic E-state index is 0.0877. The molecule has 0 bridgehead atoms. The van der Waals surface area contributed by atoms with Gasteiger partial charge in [0.05, 0.1) is 30.4 Å². The molecule has 0 radical (unpaired) electrons. The Morgan fingerprint density at radius 3 is 2.63 bits per heavy atom. The van der Waals surface area contributed by atoms with Crippen LogP contribution in [0.2, 0.25) is 0 Å². The van der Waals surface area contributed by atoms with Crippen molar-refractivity contribution >= 4 is 11.6 Å². The van der Waals surface area contributed by atoms with Gasteiger partial charge in [-0.25, -0.2) is 4.39 Å². The molecule has 6 heteroatoms. The maximum absolute atomic E-state index is 13.1. The minimum Gasteiger partial charge on any atom is -0.497 e. The predicted molar refractivity (Wildman–Crippen MR) is 114 cm³/mol. The van der Waals surface area contributed by atoms with Crippen molar-refractivity contribution in [3.05, 3.63) is 77.9 Å². The number of hydrogen-bond donors (Lipinski definition) is 1. The highest BCUT2D eigenvalue weighted by atomic mass is 19.1. The van der Waals surface area contributed by atoms with Gasteiger partial charge >= 0.3 is 0 Å². The molecular weight excluding hydrogens is 381 g/mol. The molecular formula is C24H24FN3O2. The third kappa shape index (κ3) is 3.12. The third-order valence-corrected chi connectivity index (χ3v) is 6.31. The van der Waals surface area contributed by atoms with Crippen LogP contribution >= 0.6 is 0 Å². The minimum atomic E-state index is -0.283. The molecule has 5 rings (SSSR count). The van der Waals surface area contributed by atoms with Gasteiger partial charge in [-0.15, -0.1) is 0 Å². The molecule has 3 aromatic rings. The molecule has 1 fully saturated rings. The molecule has 0 atom stereocenters. The summed E-state index contributed by atoms with van der Waals surface area (Å²) in [6.45, 7) is 1.36. The molecule has 1 saturated heterocycles. The van der Waals surface area contributed by atoms with Crippen LogP contribution in [0.5, 0.6) is 5.75 Å². The molecule has 1 N–H and O–H groups in total. The second kappa shape index (κ2) is 7.20. The van der Waals surface area contributed by atoms with Crippen LogP contribution in [0, 0.1) is 5.82 Å². The number of ether oxygens (including phenoxy) is 1. The van der Waals surface area contributed by atoms with Crippen molar-refractivity contribution in [2.24, 2.45) is 0 Å². The van der Waals surface area contributed by atoms with Gasteiger partial charge in [0, 0.05) is 31.0 Å². The molecule has 0 unspecified atom stereocenters. The molecule has 1 aromatic heterocycles. The molecule has 0 saturated carbocycles. The van der Waals surface area contributed by atoms with Crippen LogP contribution in [0.15, 0.2) is 60.8 Å². The number of fused-ring (bicyclic) bond motifs is 4. The molecule has 2 aliphatic heterocycles. The van der Waals surface area contributed by atoms with E-state index in [0.717, 1.165) is 35.5 Å². The van der Waals surface area contributed by atoms with Crippen molar-refractivity contribution < 1.29 is 13.9 Å². The van der Waals surface area contributed by atoms with Gasteiger partial charge in [-0.1, -0.05) is 12.1 Å². The standard InChI is InChI=1S/C24H24FN3O2/c1-30-19-8-9-21-20(16-19)26-24(22-3-2-12-28(21)22)10-13-27(14-11-24)23(29)15-17-4-6-18(25)7-5-17/h2-9,12,16,26H,10-11,13-15H2,1H3. The van der Waals surface area contributed by atoms with E-state index >= 15 is 0 Å². The lowest BCUT2D eigenvalue weighted by Crippen LogP contribution is -2.51. The van der Waals surface area contributed by atoms with Crippen LogP contribution in [0.3, 0.4) is 0 Å². The van der Waals surface area contributed by atoms with E-state index in [9.17, 15) is 9.18 Å². The first kappa shape index (κ1) is 18.7. The summed E-state index contributed by atoms with van der Waals surface area (Å²) in [6, 6.07) is 16.5. The first-order valence-corrected chi connectivity index (χ1v) is 10.2. The third-order valence-electron chi connectivity index (χ3n) is 6.31. The fourth-order valence-corrected chi connectivity index (χ4v) is 4.66. The van der Waals surface area contributed by atoms with E-state index < -0.39 is 0 Å². The number of benzene rings is 2. The number of methoxy groups -OCH3 is 1. The normalized spacial score (nSPS) is 16.5. The number of carbonyl (C=O) groups excluding carboxylic acids is 1. The van der Waals surface area contributed by atoms with Crippen molar-refractivity contribution in [1.29, 1.82) is 0 Å². The van der Waals surface area contributed by atoms with Crippen molar-refractivity contribution in [1.82, 2.24) is 9.47 Å². The summed E-state index contributed by atoms with van der Waals surface area (Å²) in [5.74, 6) is 0.623. The van der Waals surface area contributed by atoms with E-state index in [0.29, 0.717) is 19.5 Å². The van der Waals surface area contributed by atoms with Gasteiger partial charge in [0.25, 0.3) is 0 Å². The fourth-order valence-electron chi connectivity index (χ4n) is 4.66. The number of nitrogens with zero attached hydrogens (tertiary/aromatic N) is 2. The second-order valence-corrected chi connectivity index (χ2v) is 8.04. The van der Waals surface area contributed by atoms with E-state index in [1.807, 2.05) is 17.0 Å². The van der Waals surface area contributed by atoms with Gasteiger partial charge in [0.2, 0.25) is 5.91 Å². The summed E-state index contributed by atoms with van der Waals surface area (Å²) in [5.41, 5.74) is 4.01. The second-order valence-electron chi connectivity index (χ2n) is 8.04. The molecule has 2 aliphatic rings. The smallest absolute Gasteiger partial charge is 0.226 e. The molecule has 30 heavy (non-hydrogen) atoms. The molecule has 5 nitrogen and oxygen atoms in total. The number of likely N-dealkylation sites (tertiary alicyclic amines) is 1. The predicted octanol–water partition coefficient (Wildman–Crippen LogP) is 4.11. The number of hydrogen-bond acceptors (Lipinski definition) is 3. The molecule has 154 valence electrons. The Kier molecular flexibility index (Phi) is 4.50. The molecule has 3 heterocycles. The lowest BCUT2D eigenvalue weighted by atomic mass is 9.82. The number of amides is 1. The average molecular weight is 405 g/mol. The number of halogens is 1.